The minimum atomic E-state index is -0.0412. The molecule has 104 valence electrons. The Morgan fingerprint density at radius 3 is 2.10 bits per heavy atom. The van der Waals surface area contributed by atoms with Gasteiger partial charge in [0, 0.05) is 15.5 Å². The van der Waals surface area contributed by atoms with Gasteiger partial charge < -0.3 is 5.32 Å². The monoisotopic (exact) mass is 349 g/mol. The molecule has 0 saturated carbocycles. The van der Waals surface area contributed by atoms with Gasteiger partial charge in [-0.1, -0.05) is 46.7 Å². The number of rotatable bonds is 5. The summed E-state index contributed by atoms with van der Waals surface area (Å²) in [5, 5.41) is 3.12. The van der Waals surface area contributed by atoms with Gasteiger partial charge in [0.15, 0.2) is 0 Å². The SMILES string of the molecule is CCc1ccc(Sc2ccc(NC(=O)CBr)cc2)cc1. The van der Waals surface area contributed by atoms with Crippen LogP contribution in [-0.2, 0) is 11.2 Å². The van der Waals surface area contributed by atoms with E-state index < -0.39 is 0 Å². The first-order valence-electron chi connectivity index (χ1n) is 6.44. The van der Waals surface area contributed by atoms with Crippen LogP contribution in [0.5, 0.6) is 0 Å². The second-order valence-corrected chi connectivity index (χ2v) is 6.01. The van der Waals surface area contributed by atoms with Crippen molar-refractivity contribution in [3.05, 3.63) is 54.1 Å². The lowest BCUT2D eigenvalue weighted by Crippen LogP contribution is -2.11. The first-order valence-corrected chi connectivity index (χ1v) is 8.37. The van der Waals surface area contributed by atoms with E-state index in [4.69, 9.17) is 0 Å². The van der Waals surface area contributed by atoms with Crippen molar-refractivity contribution in [3.63, 3.8) is 0 Å². The fraction of sp³-hybridized carbons (Fsp3) is 0.188. The zero-order chi connectivity index (χ0) is 14.4. The van der Waals surface area contributed by atoms with Crippen LogP contribution in [0.25, 0.3) is 0 Å². The molecule has 0 aliphatic rings. The largest absolute Gasteiger partial charge is 0.325 e. The van der Waals surface area contributed by atoms with Crippen LogP contribution >= 0.6 is 27.7 Å². The maximum Gasteiger partial charge on any atom is 0.235 e. The highest BCUT2D eigenvalue weighted by atomic mass is 79.9. The number of benzene rings is 2. The first kappa shape index (κ1) is 15.1. The molecule has 20 heavy (non-hydrogen) atoms. The van der Waals surface area contributed by atoms with E-state index in [2.05, 4.69) is 52.4 Å². The van der Waals surface area contributed by atoms with Crippen LogP contribution in [0.2, 0.25) is 0 Å². The average molecular weight is 350 g/mol. The lowest BCUT2D eigenvalue weighted by molar-refractivity contribution is -0.113. The molecule has 0 fully saturated rings. The third-order valence-electron chi connectivity index (χ3n) is 2.83. The molecule has 0 aliphatic heterocycles. The molecular weight excluding hydrogens is 334 g/mol. The van der Waals surface area contributed by atoms with Gasteiger partial charge in [-0.2, -0.15) is 0 Å². The second-order valence-electron chi connectivity index (χ2n) is 4.31. The molecule has 2 nitrogen and oxygen atoms in total. The Kier molecular flexibility index (Phi) is 5.68. The van der Waals surface area contributed by atoms with E-state index >= 15 is 0 Å². The van der Waals surface area contributed by atoms with Gasteiger partial charge in [0.25, 0.3) is 0 Å². The molecule has 1 amide bonds. The van der Waals surface area contributed by atoms with Crippen molar-refractivity contribution in [1.29, 1.82) is 0 Å². The smallest absolute Gasteiger partial charge is 0.235 e. The van der Waals surface area contributed by atoms with Crippen LogP contribution in [0.4, 0.5) is 5.69 Å². The molecule has 2 rings (SSSR count). The highest BCUT2D eigenvalue weighted by Gasteiger charge is 2.01. The fourth-order valence-corrected chi connectivity index (χ4v) is 2.69. The minimum absolute atomic E-state index is 0.0412. The molecule has 0 heterocycles. The summed E-state index contributed by atoms with van der Waals surface area (Å²) in [4.78, 5) is 13.6. The third kappa shape index (κ3) is 4.39. The van der Waals surface area contributed by atoms with Gasteiger partial charge in [0.1, 0.15) is 0 Å². The van der Waals surface area contributed by atoms with E-state index in [0.29, 0.717) is 5.33 Å². The summed E-state index contributed by atoms with van der Waals surface area (Å²) >= 11 is 4.84. The zero-order valence-corrected chi connectivity index (χ0v) is 13.6. The molecule has 4 heteroatoms. The highest BCUT2D eigenvalue weighted by molar-refractivity contribution is 9.09. The van der Waals surface area contributed by atoms with E-state index in [-0.39, 0.29) is 5.91 Å². The number of amides is 1. The number of carbonyl (C=O) groups excluding carboxylic acids is 1. The number of carbonyl (C=O) groups is 1. The van der Waals surface area contributed by atoms with Crippen molar-refractivity contribution in [1.82, 2.24) is 0 Å². The topological polar surface area (TPSA) is 29.1 Å². The maximum atomic E-state index is 11.3. The van der Waals surface area contributed by atoms with Gasteiger partial charge in [0.05, 0.1) is 5.33 Å². The van der Waals surface area contributed by atoms with Crippen molar-refractivity contribution >= 4 is 39.3 Å². The molecule has 1 N–H and O–H groups in total. The first-order chi connectivity index (χ1) is 9.71. The van der Waals surface area contributed by atoms with E-state index in [1.54, 1.807) is 11.8 Å². The summed E-state index contributed by atoms with van der Waals surface area (Å²) in [7, 11) is 0. The van der Waals surface area contributed by atoms with Crippen molar-refractivity contribution in [2.24, 2.45) is 0 Å². The molecule has 0 saturated heterocycles. The lowest BCUT2D eigenvalue weighted by Gasteiger charge is -2.06. The summed E-state index contributed by atoms with van der Waals surface area (Å²) in [5.41, 5.74) is 2.17. The Hall–Kier alpha value is -1.26. The van der Waals surface area contributed by atoms with Gasteiger partial charge in [-0.25, -0.2) is 0 Å². The number of halogens is 1. The molecule has 0 atom stereocenters. The van der Waals surface area contributed by atoms with Crippen molar-refractivity contribution < 1.29 is 4.79 Å². The Morgan fingerprint density at radius 1 is 1.05 bits per heavy atom. The average Bonchev–Trinajstić information content (AvgIpc) is 2.50. The van der Waals surface area contributed by atoms with Crippen LogP contribution < -0.4 is 5.32 Å². The van der Waals surface area contributed by atoms with Gasteiger partial charge in [-0.15, -0.1) is 0 Å². The summed E-state index contributed by atoms with van der Waals surface area (Å²) in [6.45, 7) is 2.15. The Balaban J connectivity index is 2.00. The minimum Gasteiger partial charge on any atom is -0.325 e. The molecule has 0 aromatic heterocycles. The van der Waals surface area contributed by atoms with E-state index in [1.165, 1.54) is 10.5 Å². The predicted molar refractivity (Wildman–Crippen MR) is 88.8 cm³/mol. The number of alkyl halides is 1. The Bertz CT molecular complexity index is 566. The van der Waals surface area contributed by atoms with Gasteiger partial charge in [-0.3, -0.25) is 4.79 Å². The normalized spacial score (nSPS) is 10.3. The number of anilines is 1. The molecule has 0 radical (unpaired) electrons. The molecule has 0 spiro atoms. The molecule has 0 bridgehead atoms. The molecule has 2 aromatic rings. The summed E-state index contributed by atoms with van der Waals surface area (Å²) < 4.78 is 0. The number of hydrogen-bond acceptors (Lipinski definition) is 2. The fourth-order valence-electron chi connectivity index (χ4n) is 1.73. The maximum absolute atomic E-state index is 11.3. The highest BCUT2D eigenvalue weighted by Crippen LogP contribution is 2.28. The Labute approximate surface area is 132 Å². The van der Waals surface area contributed by atoms with Gasteiger partial charge in [0.2, 0.25) is 5.91 Å². The van der Waals surface area contributed by atoms with E-state index in [0.717, 1.165) is 17.0 Å². The van der Waals surface area contributed by atoms with Crippen LogP contribution in [0, 0.1) is 0 Å². The zero-order valence-electron chi connectivity index (χ0n) is 11.2. The van der Waals surface area contributed by atoms with E-state index in [1.807, 2.05) is 24.3 Å². The summed E-state index contributed by atoms with van der Waals surface area (Å²) in [5.74, 6) is -0.0412. The van der Waals surface area contributed by atoms with Crippen LogP contribution in [0.15, 0.2) is 58.3 Å². The van der Waals surface area contributed by atoms with Gasteiger partial charge >= 0.3 is 0 Å². The predicted octanol–water partition coefficient (Wildman–Crippen LogP) is 4.73. The summed E-state index contributed by atoms with van der Waals surface area (Å²) in [6, 6.07) is 16.5. The molecular formula is C16H16BrNOS. The second kappa shape index (κ2) is 7.50. The third-order valence-corrected chi connectivity index (χ3v) is 4.35. The van der Waals surface area contributed by atoms with E-state index in [9.17, 15) is 4.79 Å². The van der Waals surface area contributed by atoms with Crippen LogP contribution in [0.3, 0.4) is 0 Å². The quantitative estimate of drug-likeness (QED) is 0.790. The molecule has 2 aromatic carbocycles. The van der Waals surface area contributed by atoms with Crippen LogP contribution in [0.1, 0.15) is 12.5 Å². The number of aryl methyl sites for hydroxylation is 1. The number of nitrogens with one attached hydrogen (secondary N) is 1. The molecule has 0 aliphatic carbocycles. The van der Waals surface area contributed by atoms with Crippen molar-refractivity contribution in [2.75, 3.05) is 10.6 Å². The number of hydrogen-bond donors (Lipinski definition) is 1. The van der Waals surface area contributed by atoms with Crippen molar-refractivity contribution in [2.45, 2.75) is 23.1 Å². The Morgan fingerprint density at radius 2 is 1.60 bits per heavy atom. The van der Waals surface area contributed by atoms with Gasteiger partial charge in [-0.05, 0) is 48.4 Å². The van der Waals surface area contributed by atoms with Crippen LogP contribution in [-0.4, -0.2) is 11.2 Å². The van der Waals surface area contributed by atoms with Crippen molar-refractivity contribution in [3.8, 4) is 0 Å². The standard InChI is InChI=1S/C16H16BrNOS/c1-2-12-3-7-14(8-4-12)20-15-9-5-13(6-10-15)18-16(19)11-17/h3-10H,2,11H2,1H3,(H,18,19). The summed E-state index contributed by atoms with van der Waals surface area (Å²) in [6.07, 6.45) is 1.06. The molecule has 0 unspecified atom stereocenters. The lowest BCUT2D eigenvalue weighted by atomic mass is 10.2.